The van der Waals surface area contributed by atoms with E-state index in [2.05, 4.69) is 22.1 Å². The van der Waals surface area contributed by atoms with Crippen LogP contribution in [0.25, 0.3) is 0 Å². The van der Waals surface area contributed by atoms with Crippen LogP contribution in [0.3, 0.4) is 0 Å². The Labute approximate surface area is 107 Å². The summed E-state index contributed by atoms with van der Waals surface area (Å²) in [4.78, 5) is 6.57. The van der Waals surface area contributed by atoms with Crippen LogP contribution < -0.4 is 5.32 Å². The Balaban J connectivity index is 1.81. The first-order chi connectivity index (χ1) is 8.28. The van der Waals surface area contributed by atoms with Crippen LogP contribution in [0, 0.1) is 0 Å². The molecule has 0 aliphatic carbocycles. The van der Waals surface area contributed by atoms with Gasteiger partial charge in [0.05, 0.1) is 12.7 Å². The van der Waals surface area contributed by atoms with Crippen molar-refractivity contribution < 1.29 is 4.74 Å². The maximum absolute atomic E-state index is 5.82. The quantitative estimate of drug-likeness (QED) is 0.834. The third-order valence-corrected chi connectivity index (χ3v) is 3.11. The summed E-state index contributed by atoms with van der Waals surface area (Å²) >= 11 is 5.82. The molecule has 4 nitrogen and oxygen atoms in total. The number of morpholine rings is 1. The molecule has 5 heteroatoms. The van der Waals surface area contributed by atoms with E-state index >= 15 is 0 Å². The van der Waals surface area contributed by atoms with E-state index in [9.17, 15) is 0 Å². The maximum Gasteiger partial charge on any atom is 0.131 e. The summed E-state index contributed by atoms with van der Waals surface area (Å²) in [6.45, 7) is 6.84. The van der Waals surface area contributed by atoms with E-state index in [1.807, 2.05) is 12.1 Å². The highest BCUT2D eigenvalue weighted by atomic mass is 35.5. The molecule has 17 heavy (non-hydrogen) atoms. The lowest BCUT2D eigenvalue weighted by molar-refractivity contribution is -0.0192. The van der Waals surface area contributed by atoms with Crippen LogP contribution in [-0.2, 0) is 4.74 Å². The molecule has 1 fully saturated rings. The zero-order valence-corrected chi connectivity index (χ0v) is 10.8. The second-order valence-electron chi connectivity index (χ2n) is 4.11. The second-order valence-corrected chi connectivity index (χ2v) is 4.50. The molecule has 1 aliphatic rings. The van der Waals surface area contributed by atoms with Gasteiger partial charge in [-0.1, -0.05) is 24.6 Å². The molecule has 1 saturated heterocycles. The summed E-state index contributed by atoms with van der Waals surface area (Å²) < 4.78 is 5.70. The first-order valence-electron chi connectivity index (χ1n) is 5.98. The standard InChI is InChI=1S/C12H18ClN3O/c1-2-16-6-7-17-10(9-16)8-14-12-5-3-4-11(13)15-12/h3-5,10H,2,6-9H2,1H3,(H,14,15). The van der Waals surface area contributed by atoms with Crippen molar-refractivity contribution >= 4 is 17.4 Å². The molecule has 1 aliphatic heterocycles. The van der Waals surface area contributed by atoms with E-state index < -0.39 is 0 Å². The molecule has 0 bridgehead atoms. The highest BCUT2D eigenvalue weighted by Gasteiger charge is 2.18. The molecule has 0 amide bonds. The van der Waals surface area contributed by atoms with Crippen LogP contribution in [-0.4, -0.2) is 48.8 Å². The lowest BCUT2D eigenvalue weighted by atomic mass is 10.2. The van der Waals surface area contributed by atoms with Crippen molar-refractivity contribution in [3.05, 3.63) is 23.4 Å². The van der Waals surface area contributed by atoms with Gasteiger partial charge in [-0.2, -0.15) is 0 Å². The van der Waals surface area contributed by atoms with Crippen molar-refractivity contribution in [2.75, 3.05) is 38.1 Å². The molecule has 2 heterocycles. The van der Waals surface area contributed by atoms with Crippen LogP contribution >= 0.6 is 11.6 Å². The molecule has 1 aromatic rings. The number of nitrogens with one attached hydrogen (secondary N) is 1. The minimum absolute atomic E-state index is 0.226. The Hall–Kier alpha value is -0.840. The zero-order valence-electron chi connectivity index (χ0n) is 10.0. The minimum atomic E-state index is 0.226. The van der Waals surface area contributed by atoms with Gasteiger partial charge in [-0.15, -0.1) is 0 Å². The second kappa shape index (κ2) is 6.19. The summed E-state index contributed by atoms with van der Waals surface area (Å²) in [7, 11) is 0. The van der Waals surface area contributed by atoms with E-state index in [1.165, 1.54) is 0 Å². The van der Waals surface area contributed by atoms with Crippen LogP contribution in [0.2, 0.25) is 5.15 Å². The topological polar surface area (TPSA) is 37.4 Å². The number of rotatable bonds is 4. The Morgan fingerprint density at radius 2 is 2.47 bits per heavy atom. The molecular formula is C12H18ClN3O. The van der Waals surface area contributed by atoms with E-state index in [0.717, 1.165) is 38.6 Å². The van der Waals surface area contributed by atoms with Crippen molar-refractivity contribution in [2.24, 2.45) is 0 Å². The molecule has 0 aromatic carbocycles. The largest absolute Gasteiger partial charge is 0.374 e. The average molecular weight is 256 g/mol. The number of nitrogens with zero attached hydrogens (tertiary/aromatic N) is 2. The van der Waals surface area contributed by atoms with Gasteiger partial charge in [-0.25, -0.2) is 4.98 Å². The number of ether oxygens (including phenoxy) is 1. The van der Waals surface area contributed by atoms with Crippen molar-refractivity contribution in [2.45, 2.75) is 13.0 Å². The summed E-state index contributed by atoms with van der Waals surface area (Å²) in [6.07, 6.45) is 0.226. The highest BCUT2D eigenvalue weighted by Crippen LogP contribution is 2.10. The van der Waals surface area contributed by atoms with Gasteiger partial charge in [-0.05, 0) is 18.7 Å². The first-order valence-corrected chi connectivity index (χ1v) is 6.36. The molecule has 0 radical (unpaired) electrons. The number of likely N-dealkylation sites (N-methyl/N-ethyl adjacent to an activating group) is 1. The monoisotopic (exact) mass is 255 g/mol. The fourth-order valence-electron chi connectivity index (χ4n) is 1.92. The summed E-state index contributed by atoms with van der Waals surface area (Å²) in [6, 6.07) is 5.56. The summed E-state index contributed by atoms with van der Waals surface area (Å²) in [5.74, 6) is 0.801. The number of anilines is 1. The predicted molar refractivity (Wildman–Crippen MR) is 69.6 cm³/mol. The maximum atomic E-state index is 5.82. The zero-order chi connectivity index (χ0) is 12.1. The van der Waals surface area contributed by atoms with Gasteiger partial charge in [0.2, 0.25) is 0 Å². The fourth-order valence-corrected chi connectivity index (χ4v) is 2.08. The predicted octanol–water partition coefficient (Wildman–Crippen LogP) is 1.87. The van der Waals surface area contributed by atoms with Crippen LogP contribution in [0.5, 0.6) is 0 Å². The van der Waals surface area contributed by atoms with Crippen molar-refractivity contribution in [3.63, 3.8) is 0 Å². The highest BCUT2D eigenvalue weighted by molar-refractivity contribution is 6.29. The number of hydrogen-bond donors (Lipinski definition) is 1. The number of hydrogen-bond acceptors (Lipinski definition) is 4. The molecule has 0 spiro atoms. The molecule has 1 aromatic heterocycles. The Bertz CT molecular complexity index is 361. The van der Waals surface area contributed by atoms with Crippen LogP contribution in [0.4, 0.5) is 5.82 Å². The molecule has 1 atom stereocenters. The smallest absolute Gasteiger partial charge is 0.131 e. The van der Waals surface area contributed by atoms with Crippen LogP contribution in [0.1, 0.15) is 6.92 Å². The molecule has 2 rings (SSSR count). The van der Waals surface area contributed by atoms with Crippen molar-refractivity contribution in [1.82, 2.24) is 9.88 Å². The number of halogens is 1. The fraction of sp³-hybridized carbons (Fsp3) is 0.583. The Morgan fingerprint density at radius 1 is 1.59 bits per heavy atom. The molecule has 1 unspecified atom stereocenters. The van der Waals surface area contributed by atoms with E-state index in [4.69, 9.17) is 16.3 Å². The van der Waals surface area contributed by atoms with Gasteiger partial charge < -0.3 is 10.1 Å². The Morgan fingerprint density at radius 3 is 3.24 bits per heavy atom. The third kappa shape index (κ3) is 3.84. The Kier molecular flexibility index (Phi) is 4.59. The molecular weight excluding hydrogens is 238 g/mol. The van der Waals surface area contributed by atoms with E-state index in [1.54, 1.807) is 6.07 Å². The van der Waals surface area contributed by atoms with Gasteiger partial charge in [0.25, 0.3) is 0 Å². The lowest BCUT2D eigenvalue weighted by Gasteiger charge is -2.32. The van der Waals surface area contributed by atoms with E-state index in [-0.39, 0.29) is 6.10 Å². The van der Waals surface area contributed by atoms with Crippen molar-refractivity contribution in [3.8, 4) is 0 Å². The van der Waals surface area contributed by atoms with Crippen LogP contribution in [0.15, 0.2) is 18.2 Å². The third-order valence-electron chi connectivity index (χ3n) is 2.90. The lowest BCUT2D eigenvalue weighted by Crippen LogP contribution is -2.45. The summed E-state index contributed by atoms with van der Waals surface area (Å²) in [5, 5.41) is 3.76. The van der Waals surface area contributed by atoms with Gasteiger partial charge >= 0.3 is 0 Å². The molecule has 94 valence electrons. The molecule has 1 N–H and O–H groups in total. The van der Waals surface area contributed by atoms with Crippen molar-refractivity contribution in [1.29, 1.82) is 0 Å². The van der Waals surface area contributed by atoms with Gasteiger partial charge in [0.1, 0.15) is 11.0 Å². The van der Waals surface area contributed by atoms with Gasteiger partial charge in [0.15, 0.2) is 0 Å². The normalized spacial score (nSPS) is 21.4. The van der Waals surface area contributed by atoms with E-state index in [0.29, 0.717) is 5.15 Å². The SMILES string of the molecule is CCN1CCOC(CNc2cccc(Cl)n2)C1. The van der Waals surface area contributed by atoms with Gasteiger partial charge in [-0.3, -0.25) is 4.90 Å². The summed E-state index contributed by atoms with van der Waals surface area (Å²) in [5.41, 5.74) is 0. The number of pyridine rings is 1. The average Bonchev–Trinajstić information content (AvgIpc) is 2.37. The van der Waals surface area contributed by atoms with Gasteiger partial charge in [0, 0.05) is 19.6 Å². The molecule has 0 saturated carbocycles. The minimum Gasteiger partial charge on any atom is -0.374 e. The number of aromatic nitrogens is 1. The first kappa shape index (κ1) is 12.6.